The molecule has 0 radical (unpaired) electrons. The fraction of sp³-hybridized carbons (Fsp3) is 0.875. The topological polar surface area (TPSA) is 60.2 Å². The summed E-state index contributed by atoms with van der Waals surface area (Å²) in [4.78, 5) is 4.58. The van der Waals surface area contributed by atoms with Crippen LogP contribution in [0.2, 0.25) is 0 Å². The van der Waals surface area contributed by atoms with Gasteiger partial charge in [-0.1, -0.05) is 19.0 Å². The Bertz CT molecular complexity index is 470. The minimum atomic E-state index is -0.353. The molecular weight excluding hydrogens is 266 g/mol. The third kappa shape index (κ3) is 3.46. The molecule has 2 aliphatic carbocycles. The van der Waals surface area contributed by atoms with Crippen LogP contribution in [0.4, 0.5) is 0 Å². The van der Waals surface area contributed by atoms with E-state index in [2.05, 4.69) is 29.3 Å². The van der Waals surface area contributed by atoms with Gasteiger partial charge in [-0.05, 0) is 56.4 Å². The Morgan fingerprint density at radius 3 is 2.57 bits per heavy atom. The Kier molecular flexibility index (Phi) is 4.06. The van der Waals surface area contributed by atoms with Crippen LogP contribution in [-0.4, -0.2) is 23.8 Å². The molecule has 0 aliphatic heterocycles. The Labute approximate surface area is 126 Å². The Morgan fingerprint density at radius 1 is 1.24 bits per heavy atom. The van der Waals surface area contributed by atoms with E-state index in [0.29, 0.717) is 17.9 Å². The van der Waals surface area contributed by atoms with E-state index in [4.69, 9.17) is 9.26 Å². The molecule has 5 nitrogen and oxygen atoms in total. The quantitative estimate of drug-likeness (QED) is 0.873. The molecule has 0 atom stereocenters. The number of hydrogen-bond acceptors (Lipinski definition) is 5. The fourth-order valence-electron chi connectivity index (χ4n) is 3.07. The number of hydrogen-bond donors (Lipinski definition) is 1. The van der Waals surface area contributed by atoms with Gasteiger partial charge in [0.25, 0.3) is 0 Å². The molecule has 0 spiro atoms. The predicted octanol–water partition coefficient (Wildman–Crippen LogP) is 3.01. The van der Waals surface area contributed by atoms with Crippen LogP contribution in [0, 0.1) is 11.3 Å². The molecule has 3 rings (SSSR count). The van der Waals surface area contributed by atoms with E-state index < -0.39 is 0 Å². The summed E-state index contributed by atoms with van der Waals surface area (Å²) in [6.07, 6.45) is 6.89. The van der Waals surface area contributed by atoms with E-state index in [9.17, 15) is 0 Å². The zero-order valence-corrected chi connectivity index (χ0v) is 13.4. The molecule has 0 aromatic carbocycles. The van der Waals surface area contributed by atoms with Crippen molar-refractivity contribution in [3.8, 4) is 0 Å². The van der Waals surface area contributed by atoms with E-state index >= 15 is 0 Å². The third-order valence-corrected chi connectivity index (χ3v) is 5.08. The van der Waals surface area contributed by atoms with Gasteiger partial charge in [-0.3, -0.25) is 0 Å². The lowest BCUT2D eigenvalue weighted by atomic mass is 9.70. The van der Waals surface area contributed by atoms with Crippen molar-refractivity contribution in [2.75, 3.05) is 13.7 Å². The van der Waals surface area contributed by atoms with E-state index in [1.54, 1.807) is 7.11 Å². The van der Waals surface area contributed by atoms with Gasteiger partial charge in [-0.25, -0.2) is 0 Å². The van der Waals surface area contributed by atoms with E-state index in [-0.39, 0.29) is 5.60 Å². The van der Waals surface area contributed by atoms with Gasteiger partial charge in [0.05, 0.1) is 6.54 Å². The van der Waals surface area contributed by atoms with Crippen molar-refractivity contribution in [2.45, 2.75) is 64.5 Å². The summed E-state index contributed by atoms with van der Waals surface area (Å²) in [5.41, 5.74) is 0.0359. The van der Waals surface area contributed by atoms with Crippen LogP contribution < -0.4 is 5.32 Å². The molecule has 1 aromatic rings. The SMILES string of the molecule is COC1(c2noc(CNCC3CC3)n2)CCC(C)(C)CC1. The monoisotopic (exact) mass is 293 g/mol. The number of rotatable bonds is 6. The van der Waals surface area contributed by atoms with Crippen molar-refractivity contribution < 1.29 is 9.26 Å². The molecule has 118 valence electrons. The number of methoxy groups -OCH3 is 1. The lowest BCUT2D eigenvalue weighted by Gasteiger charge is -2.40. The standard InChI is InChI=1S/C16H27N3O2/c1-15(2)6-8-16(20-3,9-7-15)14-18-13(21-19-14)11-17-10-12-4-5-12/h12,17H,4-11H2,1-3H3. The molecule has 0 saturated heterocycles. The van der Waals surface area contributed by atoms with Gasteiger partial charge >= 0.3 is 0 Å². The number of nitrogens with zero attached hydrogens (tertiary/aromatic N) is 2. The smallest absolute Gasteiger partial charge is 0.240 e. The second kappa shape index (κ2) is 5.69. The van der Waals surface area contributed by atoms with Crippen LogP contribution in [0.15, 0.2) is 4.52 Å². The summed E-state index contributed by atoms with van der Waals surface area (Å²) in [6, 6.07) is 0. The van der Waals surface area contributed by atoms with E-state index in [1.807, 2.05) is 0 Å². The first-order valence-corrected chi connectivity index (χ1v) is 8.12. The average Bonchev–Trinajstić information content (AvgIpc) is 3.16. The van der Waals surface area contributed by atoms with Crippen molar-refractivity contribution in [1.29, 1.82) is 0 Å². The van der Waals surface area contributed by atoms with Gasteiger partial charge < -0.3 is 14.6 Å². The average molecular weight is 293 g/mol. The molecule has 21 heavy (non-hydrogen) atoms. The van der Waals surface area contributed by atoms with Crippen molar-refractivity contribution in [1.82, 2.24) is 15.5 Å². The van der Waals surface area contributed by atoms with Crippen LogP contribution in [0.3, 0.4) is 0 Å². The molecule has 2 aliphatic rings. The summed E-state index contributed by atoms with van der Waals surface area (Å²) in [6.45, 7) is 6.35. The third-order valence-electron chi connectivity index (χ3n) is 5.08. The maximum Gasteiger partial charge on any atom is 0.240 e. The first-order valence-electron chi connectivity index (χ1n) is 8.12. The normalized spacial score (nSPS) is 24.1. The zero-order chi connectivity index (χ0) is 14.9. The van der Waals surface area contributed by atoms with E-state index in [1.165, 1.54) is 12.8 Å². The van der Waals surface area contributed by atoms with Crippen molar-refractivity contribution >= 4 is 0 Å². The number of nitrogens with one attached hydrogen (secondary N) is 1. The summed E-state index contributed by atoms with van der Waals surface area (Å²) < 4.78 is 11.2. The largest absolute Gasteiger partial charge is 0.370 e. The lowest BCUT2D eigenvalue weighted by Crippen LogP contribution is -2.37. The molecule has 1 aromatic heterocycles. The zero-order valence-electron chi connectivity index (χ0n) is 13.4. The summed E-state index contributed by atoms with van der Waals surface area (Å²) in [5, 5.41) is 7.58. The van der Waals surface area contributed by atoms with E-state index in [0.717, 1.165) is 44.0 Å². The fourth-order valence-corrected chi connectivity index (χ4v) is 3.07. The predicted molar refractivity (Wildman–Crippen MR) is 79.7 cm³/mol. The van der Waals surface area contributed by atoms with Crippen LogP contribution in [0.5, 0.6) is 0 Å². The molecule has 5 heteroatoms. The molecule has 2 saturated carbocycles. The van der Waals surface area contributed by atoms with Crippen LogP contribution >= 0.6 is 0 Å². The highest BCUT2D eigenvalue weighted by Crippen LogP contribution is 2.46. The Balaban J connectivity index is 1.62. The minimum Gasteiger partial charge on any atom is -0.370 e. The van der Waals surface area contributed by atoms with Gasteiger partial charge in [-0.15, -0.1) is 0 Å². The first kappa shape index (κ1) is 15.0. The Hall–Kier alpha value is -0.940. The lowest BCUT2D eigenvalue weighted by molar-refractivity contribution is -0.0740. The highest BCUT2D eigenvalue weighted by Gasteiger charge is 2.43. The van der Waals surface area contributed by atoms with Gasteiger partial charge in [-0.2, -0.15) is 4.98 Å². The summed E-state index contributed by atoms with van der Waals surface area (Å²) >= 11 is 0. The molecular formula is C16H27N3O2. The molecule has 2 fully saturated rings. The van der Waals surface area contributed by atoms with Gasteiger partial charge in [0.15, 0.2) is 0 Å². The summed E-state index contributed by atoms with van der Waals surface area (Å²) in [7, 11) is 1.76. The molecule has 1 N–H and O–H groups in total. The Morgan fingerprint density at radius 2 is 1.95 bits per heavy atom. The molecule has 1 heterocycles. The highest BCUT2D eigenvalue weighted by molar-refractivity contribution is 5.05. The van der Waals surface area contributed by atoms with Crippen LogP contribution in [0.1, 0.15) is 64.1 Å². The second-order valence-corrected chi connectivity index (χ2v) is 7.45. The number of ether oxygens (including phenoxy) is 1. The van der Waals surface area contributed by atoms with Gasteiger partial charge in [0.2, 0.25) is 11.7 Å². The highest BCUT2D eigenvalue weighted by atomic mass is 16.5. The second-order valence-electron chi connectivity index (χ2n) is 7.45. The van der Waals surface area contributed by atoms with Crippen LogP contribution in [0.25, 0.3) is 0 Å². The first-order chi connectivity index (χ1) is 10.0. The van der Waals surface area contributed by atoms with Crippen LogP contribution in [-0.2, 0) is 16.9 Å². The van der Waals surface area contributed by atoms with Gasteiger partial charge in [0, 0.05) is 7.11 Å². The number of aromatic nitrogens is 2. The van der Waals surface area contributed by atoms with Gasteiger partial charge in [0.1, 0.15) is 5.60 Å². The minimum absolute atomic E-state index is 0.353. The molecule has 0 unspecified atom stereocenters. The van der Waals surface area contributed by atoms with Crippen molar-refractivity contribution in [3.63, 3.8) is 0 Å². The maximum absolute atomic E-state index is 5.82. The van der Waals surface area contributed by atoms with Crippen molar-refractivity contribution in [2.24, 2.45) is 11.3 Å². The maximum atomic E-state index is 5.82. The molecule has 0 amide bonds. The van der Waals surface area contributed by atoms with Crippen molar-refractivity contribution in [3.05, 3.63) is 11.7 Å². The molecule has 0 bridgehead atoms. The summed E-state index contributed by atoms with van der Waals surface area (Å²) in [5.74, 6) is 2.26.